The summed E-state index contributed by atoms with van der Waals surface area (Å²) in [5.74, 6) is -1.25. The Bertz CT molecular complexity index is 1040. The summed E-state index contributed by atoms with van der Waals surface area (Å²) in [7, 11) is 0. The molecule has 2 aromatic rings. The minimum atomic E-state index is -4.42. The summed E-state index contributed by atoms with van der Waals surface area (Å²) in [5.41, 5.74) is 0.178. The molecule has 2 fully saturated rings. The highest BCUT2D eigenvalue weighted by Crippen LogP contribution is 2.34. The fourth-order valence-corrected chi connectivity index (χ4v) is 4.62. The van der Waals surface area contributed by atoms with Crippen LogP contribution in [0.5, 0.6) is 0 Å². The topological polar surface area (TPSA) is 61.9 Å². The molecule has 2 saturated heterocycles. The molecule has 6 nitrogen and oxygen atoms in total. The van der Waals surface area contributed by atoms with Gasteiger partial charge in [-0.3, -0.25) is 4.79 Å². The molecule has 0 bridgehead atoms. The van der Waals surface area contributed by atoms with Crippen LogP contribution in [-0.4, -0.2) is 67.7 Å². The standard InChI is InChI=1S/C25H27F4N3O3/c26-22-3-1-2-19(13-22)23(33)30-14-17-12-20(18-4-6-21(7-5-18)25(27,28)29)16-32(15-17)24(34)31-8-10-35-11-9-31/h1-7,13,17,20H,8-12,14-16H2,(H,30,33). The number of carbonyl (C=O) groups is 2. The minimum Gasteiger partial charge on any atom is -0.378 e. The van der Waals surface area contributed by atoms with Crippen molar-refractivity contribution in [3.05, 3.63) is 71.0 Å². The number of likely N-dealkylation sites (tertiary alicyclic amines) is 1. The monoisotopic (exact) mass is 493 g/mol. The Morgan fingerprint density at radius 3 is 2.37 bits per heavy atom. The molecule has 0 aromatic heterocycles. The number of hydrogen-bond donors (Lipinski definition) is 1. The Balaban J connectivity index is 1.49. The predicted molar refractivity (Wildman–Crippen MR) is 120 cm³/mol. The number of nitrogens with zero attached hydrogens (tertiary/aromatic N) is 2. The maximum absolute atomic E-state index is 13.5. The fourth-order valence-electron chi connectivity index (χ4n) is 4.62. The van der Waals surface area contributed by atoms with Crippen molar-refractivity contribution in [1.29, 1.82) is 0 Å². The quantitative estimate of drug-likeness (QED) is 0.652. The van der Waals surface area contributed by atoms with E-state index in [1.807, 2.05) is 0 Å². The van der Waals surface area contributed by atoms with Gasteiger partial charge in [0, 0.05) is 44.2 Å². The molecule has 0 radical (unpaired) electrons. The maximum atomic E-state index is 13.5. The van der Waals surface area contributed by atoms with Crippen molar-refractivity contribution in [1.82, 2.24) is 15.1 Å². The lowest BCUT2D eigenvalue weighted by Gasteiger charge is -2.41. The molecule has 2 atom stereocenters. The normalized spacial score (nSPS) is 21.0. The van der Waals surface area contributed by atoms with E-state index in [0.29, 0.717) is 51.4 Å². The third kappa shape index (κ3) is 6.30. The first-order valence-electron chi connectivity index (χ1n) is 11.5. The van der Waals surface area contributed by atoms with Crippen LogP contribution in [0, 0.1) is 11.7 Å². The number of ether oxygens (including phenoxy) is 1. The number of halogens is 4. The van der Waals surface area contributed by atoms with Crippen LogP contribution in [0.15, 0.2) is 48.5 Å². The van der Waals surface area contributed by atoms with E-state index in [4.69, 9.17) is 4.74 Å². The fraction of sp³-hybridized carbons (Fsp3) is 0.440. The molecule has 0 saturated carbocycles. The van der Waals surface area contributed by atoms with E-state index in [1.165, 1.54) is 30.3 Å². The molecule has 2 aromatic carbocycles. The van der Waals surface area contributed by atoms with Gasteiger partial charge in [-0.15, -0.1) is 0 Å². The van der Waals surface area contributed by atoms with Crippen molar-refractivity contribution >= 4 is 11.9 Å². The Labute approximate surface area is 200 Å². The van der Waals surface area contributed by atoms with Gasteiger partial charge in [-0.2, -0.15) is 13.2 Å². The van der Waals surface area contributed by atoms with E-state index in [9.17, 15) is 27.2 Å². The zero-order valence-electron chi connectivity index (χ0n) is 19.1. The number of alkyl halides is 3. The van der Waals surface area contributed by atoms with Crippen LogP contribution in [0.25, 0.3) is 0 Å². The first-order chi connectivity index (χ1) is 16.7. The van der Waals surface area contributed by atoms with Crippen molar-refractivity contribution in [3.63, 3.8) is 0 Å². The van der Waals surface area contributed by atoms with E-state index in [-0.39, 0.29) is 30.0 Å². The second-order valence-electron chi connectivity index (χ2n) is 8.93. The lowest BCUT2D eigenvalue weighted by atomic mass is 9.84. The number of urea groups is 1. The summed E-state index contributed by atoms with van der Waals surface area (Å²) >= 11 is 0. The number of carbonyl (C=O) groups excluding carboxylic acids is 2. The van der Waals surface area contributed by atoms with Crippen LogP contribution in [0.4, 0.5) is 22.4 Å². The molecule has 1 N–H and O–H groups in total. The number of rotatable bonds is 4. The Morgan fingerprint density at radius 1 is 1.00 bits per heavy atom. The highest BCUT2D eigenvalue weighted by atomic mass is 19.4. The first-order valence-corrected chi connectivity index (χ1v) is 11.5. The van der Waals surface area contributed by atoms with Gasteiger partial charge in [0.1, 0.15) is 5.82 Å². The van der Waals surface area contributed by atoms with E-state index >= 15 is 0 Å². The molecule has 2 aliphatic rings. The van der Waals surface area contributed by atoms with E-state index in [2.05, 4.69) is 5.32 Å². The maximum Gasteiger partial charge on any atom is 0.416 e. The van der Waals surface area contributed by atoms with Crippen molar-refractivity contribution in [3.8, 4) is 0 Å². The van der Waals surface area contributed by atoms with Crippen LogP contribution in [0.1, 0.15) is 33.8 Å². The summed E-state index contributed by atoms with van der Waals surface area (Å²) in [6.45, 7) is 2.87. The highest BCUT2D eigenvalue weighted by molar-refractivity contribution is 5.94. The van der Waals surface area contributed by atoms with Crippen molar-refractivity contribution in [2.45, 2.75) is 18.5 Å². The van der Waals surface area contributed by atoms with E-state index in [1.54, 1.807) is 9.80 Å². The zero-order chi connectivity index (χ0) is 25.0. The molecule has 0 aliphatic carbocycles. The third-order valence-corrected chi connectivity index (χ3v) is 6.44. The van der Waals surface area contributed by atoms with Gasteiger partial charge in [-0.05, 0) is 48.2 Å². The summed E-state index contributed by atoms with van der Waals surface area (Å²) in [5, 5.41) is 2.81. The molecule has 35 heavy (non-hydrogen) atoms. The molecule has 2 heterocycles. The highest BCUT2D eigenvalue weighted by Gasteiger charge is 2.35. The molecule has 188 valence electrons. The van der Waals surface area contributed by atoms with Crippen LogP contribution < -0.4 is 5.32 Å². The average molecular weight is 494 g/mol. The molecule has 10 heteroatoms. The zero-order valence-corrected chi connectivity index (χ0v) is 19.1. The summed E-state index contributed by atoms with van der Waals surface area (Å²) in [4.78, 5) is 29.1. The van der Waals surface area contributed by atoms with E-state index < -0.39 is 23.5 Å². The smallest absolute Gasteiger partial charge is 0.378 e. The van der Waals surface area contributed by atoms with Gasteiger partial charge < -0.3 is 19.9 Å². The number of piperidine rings is 1. The first kappa shape index (κ1) is 25.0. The van der Waals surface area contributed by atoms with Gasteiger partial charge in [0.05, 0.1) is 18.8 Å². The summed E-state index contributed by atoms with van der Waals surface area (Å²) < 4.78 is 57.8. The lowest BCUT2D eigenvalue weighted by molar-refractivity contribution is -0.137. The van der Waals surface area contributed by atoms with Gasteiger partial charge in [0.25, 0.3) is 5.91 Å². The Morgan fingerprint density at radius 2 is 1.71 bits per heavy atom. The second kappa shape index (κ2) is 10.6. The number of benzene rings is 2. The van der Waals surface area contributed by atoms with Crippen molar-refractivity contribution in [2.24, 2.45) is 5.92 Å². The molecular weight excluding hydrogens is 466 g/mol. The molecule has 0 spiro atoms. The molecule has 4 rings (SSSR count). The Kier molecular flexibility index (Phi) is 7.59. The SMILES string of the molecule is O=C(NCC1CC(c2ccc(C(F)(F)F)cc2)CN(C(=O)N2CCOCC2)C1)c1cccc(F)c1. The van der Waals surface area contributed by atoms with E-state index in [0.717, 1.165) is 18.2 Å². The number of nitrogens with one attached hydrogen (secondary N) is 1. The Hall–Kier alpha value is -3.14. The number of amides is 3. The van der Waals surface area contributed by atoms with Gasteiger partial charge >= 0.3 is 12.2 Å². The molecule has 3 amide bonds. The van der Waals surface area contributed by atoms with Crippen molar-refractivity contribution in [2.75, 3.05) is 45.9 Å². The van der Waals surface area contributed by atoms with Gasteiger partial charge in [-0.1, -0.05) is 18.2 Å². The molecule has 2 aliphatic heterocycles. The number of hydrogen-bond acceptors (Lipinski definition) is 3. The predicted octanol–water partition coefficient (Wildman–Crippen LogP) is 4.13. The second-order valence-corrected chi connectivity index (χ2v) is 8.93. The summed E-state index contributed by atoms with van der Waals surface area (Å²) in [6, 6.07) is 10.2. The van der Waals surface area contributed by atoms with Crippen LogP contribution in [0.3, 0.4) is 0 Å². The van der Waals surface area contributed by atoms with Crippen molar-refractivity contribution < 1.29 is 31.9 Å². The van der Waals surface area contributed by atoms with Gasteiger partial charge in [0.15, 0.2) is 0 Å². The van der Waals surface area contributed by atoms with Crippen LogP contribution in [0.2, 0.25) is 0 Å². The van der Waals surface area contributed by atoms with Gasteiger partial charge in [0.2, 0.25) is 0 Å². The summed E-state index contributed by atoms with van der Waals surface area (Å²) in [6.07, 6.45) is -3.84. The van der Waals surface area contributed by atoms with Crippen LogP contribution >= 0.6 is 0 Å². The van der Waals surface area contributed by atoms with Crippen LogP contribution in [-0.2, 0) is 10.9 Å². The lowest BCUT2D eigenvalue weighted by Crippen LogP contribution is -2.53. The third-order valence-electron chi connectivity index (χ3n) is 6.44. The molecular formula is C25H27F4N3O3. The number of morpholine rings is 1. The average Bonchev–Trinajstić information content (AvgIpc) is 2.86. The molecule has 2 unspecified atom stereocenters. The van der Waals surface area contributed by atoms with Gasteiger partial charge in [-0.25, -0.2) is 9.18 Å². The largest absolute Gasteiger partial charge is 0.416 e. The minimum absolute atomic E-state index is 0.126.